The van der Waals surface area contributed by atoms with Crippen LogP contribution >= 0.6 is 11.3 Å². The minimum absolute atomic E-state index is 0.114. The molecule has 2 atom stereocenters. The standard InChI is InChI=1S/C15H23NO3S/c1-12-9-16(7-4-3-5-15(17)18-2)10-14(19-12)13-6-8-20-11-13/h6,8,11-12,14H,3-5,7,9-10H2,1-2H3/t12-,14-/m1/s1. The van der Waals surface area contributed by atoms with Crippen molar-refractivity contribution >= 4 is 17.3 Å². The van der Waals surface area contributed by atoms with Gasteiger partial charge in [0.25, 0.3) is 0 Å². The number of morpholine rings is 1. The lowest BCUT2D eigenvalue weighted by molar-refractivity contribution is -0.140. The van der Waals surface area contributed by atoms with Crippen LogP contribution in [0.15, 0.2) is 16.8 Å². The van der Waals surface area contributed by atoms with E-state index >= 15 is 0 Å². The predicted octanol–water partition coefficient (Wildman–Crippen LogP) is 2.85. The lowest BCUT2D eigenvalue weighted by Crippen LogP contribution is -2.43. The molecule has 0 unspecified atom stereocenters. The molecule has 0 aromatic carbocycles. The molecule has 2 rings (SSSR count). The van der Waals surface area contributed by atoms with E-state index in [9.17, 15) is 4.79 Å². The molecule has 1 aromatic rings. The Labute approximate surface area is 124 Å². The smallest absolute Gasteiger partial charge is 0.305 e. The number of thiophene rings is 1. The summed E-state index contributed by atoms with van der Waals surface area (Å²) in [5.41, 5.74) is 1.28. The Morgan fingerprint density at radius 2 is 2.35 bits per heavy atom. The van der Waals surface area contributed by atoms with Crippen molar-refractivity contribution < 1.29 is 14.3 Å². The zero-order valence-electron chi connectivity index (χ0n) is 12.2. The topological polar surface area (TPSA) is 38.8 Å². The Bertz CT molecular complexity index is 407. The van der Waals surface area contributed by atoms with Crippen molar-refractivity contribution in [2.24, 2.45) is 0 Å². The second-order valence-corrected chi connectivity index (χ2v) is 6.06. The molecule has 4 nitrogen and oxygen atoms in total. The van der Waals surface area contributed by atoms with Gasteiger partial charge in [-0.05, 0) is 48.7 Å². The minimum Gasteiger partial charge on any atom is -0.469 e. The van der Waals surface area contributed by atoms with Crippen LogP contribution < -0.4 is 0 Å². The highest BCUT2D eigenvalue weighted by Gasteiger charge is 2.26. The van der Waals surface area contributed by atoms with E-state index in [0.29, 0.717) is 6.42 Å². The van der Waals surface area contributed by atoms with E-state index in [1.165, 1.54) is 12.7 Å². The van der Waals surface area contributed by atoms with Crippen molar-refractivity contribution in [1.82, 2.24) is 4.90 Å². The van der Waals surface area contributed by atoms with Crippen molar-refractivity contribution in [2.45, 2.75) is 38.4 Å². The van der Waals surface area contributed by atoms with Gasteiger partial charge >= 0.3 is 5.97 Å². The maximum Gasteiger partial charge on any atom is 0.305 e. The van der Waals surface area contributed by atoms with Gasteiger partial charge in [-0.1, -0.05) is 0 Å². The molecule has 1 aromatic heterocycles. The van der Waals surface area contributed by atoms with Crippen LogP contribution in [0.2, 0.25) is 0 Å². The minimum atomic E-state index is -0.114. The van der Waals surface area contributed by atoms with E-state index in [1.54, 1.807) is 11.3 Å². The van der Waals surface area contributed by atoms with Gasteiger partial charge in [-0.3, -0.25) is 9.69 Å². The lowest BCUT2D eigenvalue weighted by Gasteiger charge is -2.36. The number of hydrogen-bond donors (Lipinski definition) is 0. The molecular formula is C15H23NO3S. The summed E-state index contributed by atoms with van der Waals surface area (Å²) in [6, 6.07) is 2.14. The Balaban J connectivity index is 1.75. The zero-order valence-corrected chi connectivity index (χ0v) is 13.0. The molecule has 0 aliphatic carbocycles. The van der Waals surface area contributed by atoms with Gasteiger partial charge in [-0.15, -0.1) is 0 Å². The third kappa shape index (κ3) is 4.58. The van der Waals surface area contributed by atoms with Crippen LogP contribution in [0.5, 0.6) is 0 Å². The molecule has 0 amide bonds. The highest BCUT2D eigenvalue weighted by molar-refractivity contribution is 7.07. The molecular weight excluding hydrogens is 274 g/mol. The van der Waals surface area contributed by atoms with Crippen LogP contribution in [-0.2, 0) is 14.3 Å². The van der Waals surface area contributed by atoms with Crippen molar-refractivity contribution in [3.63, 3.8) is 0 Å². The number of methoxy groups -OCH3 is 1. The number of unbranched alkanes of at least 4 members (excludes halogenated alkanes) is 1. The van der Waals surface area contributed by atoms with Crippen molar-refractivity contribution in [3.8, 4) is 0 Å². The summed E-state index contributed by atoms with van der Waals surface area (Å²) in [6.07, 6.45) is 2.88. The van der Waals surface area contributed by atoms with Gasteiger partial charge in [0.2, 0.25) is 0 Å². The normalized spacial score (nSPS) is 23.7. The molecule has 20 heavy (non-hydrogen) atoms. The van der Waals surface area contributed by atoms with Gasteiger partial charge in [0.05, 0.1) is 19.3 Å². The van der Waals surface area contributed by atoms with Crippen molar-refractivity contribution in [2.75, 3.05) is 26.7 Å². The number of esters is 1. The fourth-order valence-corrected chi connectivity index (χ4v) is 3.27. The van der Waals surface area contributed by atoms with Crippen molar-refractivity contribution in [3.05, 3.63) is 22.4 Å². The first-order chi connectivity index (χ1) is 9.69. The molecule has 0 N–H and O–H groups in total. The van der Waals surface area contributed by atoms with Gasteiger partial charge in [-0.2, -0.15) is 11.3 Å². The highest BCUT2D eigenvalue weighted by atomic mass is 32.1. The first kappa shape index (κ1) is 15.5. The van der Waals surface area contributed by atoms with E-state index in [2.05, 4.69) is 33.4 Å². The Morgan fingerprint density at radius 1 is 1.50 bits per heavy atom. The van der Waals surface area contributed by atoms with E-state index in [4.69, 9.17) is 4.74 Å². The second-order valence-electron chi connectivity index (χ2n) is 5.28. The first-order valence-electron chi connectivity index (χ1n) is 7.15. The quantitative estimate of drug-likeness (QED) is 0.598. The lowest BCUT2D eigenvalue weighted by atomic mass is 10.1. The number of rotatable bonds is 6. The highest BCUT2D eigenvalue weighted by Crippen LogP contribution is 2.26. The van der Waals surface area contributed by atoms with Crippen LogP contribution in [0.1, 0.15) is 37.9 Å². The van der Waals surface area contributed by atoms with Gasteiger partial charge in [0.1, 0.15) is 0 Å². The Hall–Kier alpha value is -0.910. The summed E-state index contributed by atoms with van der Waals surface area (Å²) in [7, 11) is 1.44. The summed E-state index contributed by atoms with van der Waals surface area (Å²) in [5.74, 6) is -0.114. The van der Waals surface area contributed by atoms with E-state index in [0.717, 1.165) is 32.5 Å². The fourth-order valence-electron chi connectivity index (χ4n) is 2.57. The summed E-state index contributed by atoms with van der Waals surface area (Å²) in [6.45, 7) is 5.06. The maximum atomic E-state index is 11.1. The third-order valence-corrected chi connectivity index (χ3v) is 4.29. The Morgan fingerprint density at radius 3 is 3.05 bits per heavy atom. The van der Waals surface area contributed by atoms with Gasteiger partial charge < -0.3 is 9.47 Å². The molecule has 5 heteroatoms. The number of hydrogen-bond acceptors (Lipinski definition) is 5. The van der Waals surface area contributed by atoms with E-state index < -0.39 is 0 Å². The SMILES string of the molecule is COC(=O)CCCCN1C[C@@H](C)O[C@@H](c2ccsc2)C1. The summed E-state index contributed by atoms with van der Waals surface area (Å²) < 4.78 is 10.7. The molecule has 1 saturated heterocycles. The first-order valence-corrected chi connectivity index (χ1v) is 8.10. The average molecular weight is 297 g/mol. The van der Waals surface area contributed by atoms with E-state index in [-0.39, 0.29) is 18.2 Å². The largest absolute Gasteiger partial charge is 0.469 e. The molecule has 1 fully saturated rings. The molecule has 112 valence electrons. The zero-order chi connectivity index (χ0) is 14.4. The summed E-state index contributed by atoms with van der Waals surface area (Å²) in [5, 5.41) is 4.26. The molecule has 0 radical (unpaired) electrons. The Kier molecular flexibility index (Phi) is 6.01. The van der Waals surface area contributed by atoms with Crippen LogP contribution in [0.4, 0.5) is 0 Å². The molecule has 0 spiro atoms. The van der Waals surface area contributed by atoms with Crippen LogP contribution in [0, 0.1) is 0 Å². The number of ether oxygens (including phenoxy) is 2. The van der Waals surface area contributed by atoms with Crippen molar-refractivity contribution in [1.29, 1.82) is 0 Å². The fraction of sp³-hybridized carbons (Fsp3) is 0.667. The van der Waals surface area contributed by atoms with E-state index in [1.807, 2.05) is 0 Å². The monoisotopic (exact) mass is 297 g/mol. The van der Waals surface area contributed by atoms with Crippen LogP contribution in [0.3, 0.4) is 0 Å². The maximum absolute atomic E-state index is 11.1. The number of nitrogens with zero attached hydrogens (tertiary/aromatic N) is 1. The van der Waals surface area contributed by atoms with Gasteiger partial charge in [-0.25, -0.2) is 0 Å². The molecule has 2 heterocycles. The molecule has 1 aliphatic heterocycles. The average Bonchev–Trinajstić information content (AvgIpc) is 2.97. The third-order valence-electron chi connectivity index (χ3n) is 3.58. The van der Waals surface area contributed by atoms with Gasteiger partial charge in [0, 0.05) is 19.5 Å². The van der Waals surface area contributed by atoms with Crippen LogP contribution in [-0.4, -0.2) is 43.7 Å². The van der Waals surface area contributed by atoms with Gasteiger partial charge in [0.15, 0.2) is 0 Å². The molecule has 0 saturated carbocycles. The molecule has 0 bridgehead atoms. The molecule has 1 aliphatic rings. The number of carbonyl (C=O) groups is 1. The summed E-state index contributed by atoms with van der Waals surface area (Å²) in [4.78, 5) is 13.5. The number of carbonyl (C=O) groups excluding carboxylic acids is 1. The second kappa shape index (κ2) is 7.76. The summed E-state index contributed by atoms with van der Waals surface area (Å²) >= 11 is 1.71. The predicted molar refractivity (Wildman–Crippen MR) is 79.9 cm³/mol. The van der Waals surface area contributed by atoms with Crippen LogP contribution in [0.25, 0.3) is 0 Å².